The minimum Gasteiger partial charge on any atom is -0.444 e. The molecule has 1 heterocycles. The Labute approximate surface area is 142 Å². The van der Waals surface area contributed by atoms with E-state index in [9.17, 15) is 9.59 Å². The molecule has 0 aliphatic heterocycles. The lowest BCUT2D eigenvalue weighted by Crippen LogP contribution is -2.36. The van der Waals surface area contributed by atoms with E-state index in [1.165, 1.54) is 0 Å². The summed E-state index contributed by atoms with van der Waals surface area (Å²) < 4.78 is 5.18. The van der Waals surface area contributed by atoms with E-state index in [2.05, 4.69) is 10.3 Å². The number of amides is 1. The standard InChI is InChI=1S/C19H24N2O3/c1-13-5-7-16-10-14(6-8-17(16)21-13)9-15(12-22)11-20-18(23)24-19(2,3)4/h5-8,10,12,15H,9,11H2,1-4H3,(H,20,23)/t15-/m1/s1. The van der Waals surface area contributed by atoms with Gasteiger partial charge in [-0.25, -0.2) is 4.79 Å². The highest BCUT2D eigenvalue weighted by Gasteiger charge is 2.17. The molecule has 0 saturated heterocycles. The van der Waals surface area contributed by atoms with Crippen molar-refractivity contribution in [2.75, 3.05) is 6.54 Å². The summed E-state index contributed by atoms with van der Waals surface area (Å²) in [5.41, 5.74) is 2.40. The minimum atomic E-state index is -0.551. The van der Waals surface area contributed by atoms with Crippen LogP contribution in [0.4, 0.5) is 4.79 Å². The van der Waals surface area contributed by atoms with Crippen LogP contribution in [0.3, 0.4) is 0 Å². The van der Waals surface area contributed by atoms with E-state index in [-0.39, 0.29) is 12.5 Å². The van der Waals surface area contributed by atoms with Gasteiger partial charge in [0.2, 0.25) is 0 Å². The third-order valence-corrected chi connectivity index (χ3v) is 3.49. The van der Waals surface area contributed by atoms with Gasteiger partial charge in [0.05, 0.1) is 5.52 Å². The summed E-state index contributed by atoms with van der Waals surface area (Å²) in [6.07, 6.45) is 0.922. The summed E-state index contributed by atoms with van der Waals surface area (Å²) in [4.78, 5) is 27.5. The van der Waals surface area contributed by atoms with Gasteiger partial charge in [0, 0.05) is 23.5 Å². The monoisotopic (exact) mass is 328 g/mol. The van der Waals surface area contributed by atoms with Gasteiger partial charge in [0.1, 0.15) is 11.9 Å². The van der Waals surface area contributed by atoms with Gasteiger partial charge in [-0.05, 0) is 57.9 Å². The third kappa shape index (κ3) is 5.33. The number of nitrogens with one attached hydrogen (secondary N) is 1. The zero-order valence-electron chi connectivity index (χ0n) is 14.6. The number of carbonyl (C=O) groups is 2. The second-order valence-corrected chi connectivity index (χ2v) is 6.96. The van der Waals surface area contributed by atoms with Crippen molar-refractivity contribution in [1.82, 2.24) is 10.3 Å². The number of rotatable bonds is 5. The Morgan fingerprint density at radius 2 is 2.04 bits per heavy atom. The lowest BCUT2D eigenvalue weighted by Gasteiger charge is -2.20. The molecule has 1 aromatic heterocycles. The SMILES string of the molecule is Cc1ccc2cc(C[C@@H](C=O)CNC(=O)OC(C)(C)C)ccc2n1. The number of benzene rings is 1. The average Bonchev–Trinajstić information content (AvgIpc) is 2.49. The molecule has 2 rings (SSSR count). The van der Waals surface area contributed by atoms with E-state index in [1.807, 2.05) is 37.3 Å². The molecule has 0 saturated carbocycles. The maximum Gasteiger partial charge on any atom is 0.407 e. The number of aromatic nitrogens is 1. The van der Waals surface area contributed by atoms with Gasteiger partial charge in [-0.1, -0.05) is 12.1 Å². The van der Waals surface area contributed by atoms with E-state index in [0.717, 1.165) is 28.4 Å². The van der Waals surface area contributed by atoms with Gasteiger partial charge < -0.3 is 14.8 Å². The summed E-state index contributed by atoms with van der Waals surface area (Å²) in [5, 5.41) is 3.69. The van der Waals surface area contributed by atoms with E-state index < -0.39 is 11.7 Å². The molecule has 1 amide bonds. The van der Waals surface area contributed by atoms with Crippen LogP contribution in [-0.2, 0) is 16.0 Å². The van der Waals surface area contributed by atoms with Crippen LogP contribution in [0.25, 0.3) is 10.9 Å². The first-order valence-electron chi connectivity index (χ1n) is 8.05. The van der Waals surface area contributed by atoms with Gasteiger partial charge in [-0.2, -0.15) is 0 Å². The number of aryl methyl sites for hydroxylation is 1. The van der Waals surface area contributed by atoms with E-state index >= 15 is 0 Å². The second kappa shape index (κ2) is 7.43. The number of pyridine rings is 1. The summed E-state index contributed by atoms with van der Waals surface area (Å²) in [5.74, 6) is -0.298. The number of hydrogen-bond acceptors (Lipinski definition) is 4. The van der Waals surface area contributed by atoms with Crippen LogP contribution in [0.1, 0.15) is 32.0 Å². The maximum absolute atomic E-state index is 11.7. The summed E-state index contributed by atoms with van der Waals surface area (Å²) in [6.45, 7) is 7.61. The van der Waals surface area contributed by atoms with E-state index in [4.69, 9.17) is 4.74 Å². The Balaban J connectivity index is 1.98. The average molecular weight is 328 g/mol. The van der Waals surface area contributed by atoms with Crippen LogP contribution >= 0.6 is 0 Å². The fourth-order valence-corrected chi connectivity index (χ4v) is 2.40. The fraction of sp³-hybridized carbons (Fsp3) is 0.421. The number of carbonyl (C=O) groups excluding carboxylic acids is 2. The molecule has 0 radical (unpaired) electrons. The van der Waals surface area contributed by atoms with Crippen molar-refractivity contribution in [2.24, 2.45) is 5.92 Å². The minimum absolute atomic E-state index is 0.253. The Bertz CT molecular complexity index is 735. The zero-order valence-corrected chi connectivity index (χ0v) is 14.6. The molecule has 0 fully saturated rings. The molecule has 5 heteroatoms. The highest BCUT2D eigenvalue weighted by atomic mass is 16.6. The molecule has 24 heavy (non-hydrogen) atoms. The quantitative estimate of drug-likeness (QED) is 0.854. The van der Waals surface area contributed by atoms with Gasteiger partial charge in [0.25, 0.3) is 0 Å². The topological polar surface area (TPSA) is 68.3 Å². The summed E-state index contributed by atoms with van der Waals surface area (Å²) in [6, 6.07) is 9.95. The first-order chi connectivity index (χ1) is 11.3. The van der Waals surface area contributed by atoms with Crippen LogP contribution in [-0.4, -0.2) is 29.5 Å². The molecule has 1 N–H and O–H groups in total. The van der Waals surface area contributed by atoms with Gasteiger partial charge in [-0.15, -0.1) is 0 Å². The number of hydrogen-bond donors (Lipinski definition) is 1. The Hall–Kier alpha value is -2.43. The third-order valence-electron chi connectivity index (χ3n) is 3.49. The van der Waals surface area contributed by atoms with Gasteiger partial charge in [-0.3, -0.25) is 4.98 Å². The molecule has 0 unspecified atom stereocenters. The zero-order chi connectivity index (χ0) is 17.7. The Morgan fingerprint density at radius 1 is 1.29 bits per heavy atom. The molecule has 5 nitrogen and oxygen atoms in total. The van der Waals surface area contributed by atoms with Crippen molar-refractivity contribution < 1.29 is 14.3 Å². The molecule has 0 bridgehead atoms. The van der Waals surface area contributed by atoms with E-state index in [0.29, 0.717) is 6.42 Å². The predicted molar refractivity (Wildman–Crippen MR) is 94.0 cm³/mol. The van der Waals surface area contributed by atoms with Crippen LogP contribution < -0.4 is 5.32 Å². The second-order valence-electron chi connectivity index (χ2n) is 6.96. The molecular weight excluding hydrogens is 304 g/mol. The van der Waals surface area contributed by atoms with Crippen molar-refractivity contribution in [3.8, 4) is 0 Å². The fourth-order valence-electron chi connectivity index (χ4n) is 2.40. The maximum atomic E-state index is 11.7. The lowest BCUT2D eigenvalue weighted by atomic mass is 9.99. The number of alkyl carbamates (subject to hydrolysis) is 1. The van der Waals surface area contributed by atoms with Crippen LogP contribution in [0.2, 0.25) is 0 Å². The van der Waals surface area contributed by atoms with Crippen molar-refractivity contribution in [3.05, 3.63) is 41.6 Å². The number of ether oxygens (including phenoxy) is 1. The molecule has 128 valence electrons. The molecule has 1 atom stereocenters. The number of fused-ring (bicyclic) bond motifs is 1. The molecule has 0 aliphatic rings. The largest absolute Gasteiger partial charge is 0.444 e. The molecule has 1 aromatic carbocycles. The first-order valence-corrected chi connectivity index (χ1v) is 8.05. The van der Waals surface area contributed by atoms with Crippen molar-refractivity contribution >= 4 is 23.3 Å². The first kappa shape index (κ1) is 17.9. The number of aldehydes is 1. The van der Waals surface area contributed by atoms with Crippen molar-refractivity contribution in [1.29, 1.82) is 0 Å². The van der Waals surface area contributed by atoms with Gasteiger partial charge in [0.15, 0.2) is 0 Å². The summed E-state index contributed by atoms with van der Waals surface area (Å²) >= 11 is 0. The predicted octanol–water partition coefficient (Wildman–Crippen LogP) is 3.43. The summed E-state index contributed by atoms with van der Waals surface area (Å²) in [7, 11) is 0. The highest BCUT2D eigenvalue weighted by Crippen LogP contribution is 2.17. The van der Waals surface area contributed by atoms with Crippen LogP contribution in [0.15, 0.2) is 30.3 Å². The van der Waals surface area contributed by atoms with Gasteiger partial charge >= 0.3 is 6.09 Å². The smallest absolute Gasteiger partial charge is 0.407 e. The van der Waals surface area contributed by atoms with Crippen LogP contribution in [0, 0.1) is 12.8 Å². The van der Waals surface area contributed by atoms with E-state index in [1.54, 1.807) is 20.8 Å². The lowest BCUT2D eigenvalue weighted by molar-refractivity contribution is -0.110. The molecule has 2 aromatic rings. The highest BCUT2D eigenvalue weighted by molar-refractivity contribution is 5.79. The van der Waals surface area contributed by atoms with Crippen LogP contribution in [0.5, 0.6) is 0 Å². The number of nitrogens with zero attached hydrogens (tertiary/aromatic N) is 1. The molecule has 0 spiro atoms. The van der Waals surface area contributed by atoms with Crippen molar-refractivity contribution in [3.63, 3.8) is 0 Å². The normalized spacial score (nSPS) is 12.7. The Kier molecular flexibility index (Phi) is 5.54. The Morgan fingerprint density at radius 3 is 2.71 bits per heavy atom. The molecule has 0 aliphatic carbocycles. The molecular formula is C19H24N2O3. The van der Waals surface area contributed by atoms with Crippen molar-refractivity contribution in [2.45, 2.75) is 39.7 Å².